The van der Waals surface area contributed by atoms with Crippen LogP contribution in [0.15, 0.2) is 89.9 Å². The van der Waals surface area contributed by atoms with Crippen LogP contribution in [0.5, 0.6) is 11.5 Å². The predicted molar refractivity (Wildman–Crippen MR) is 129 cm³/mol. The van der Waals surface area contributed by atoms with Gasteiger partial charge in [0, 0.05) is 17.3 Å². The number of thiol groups is 1. The largest absolute Gasteiger partial charge is 0.461 e. The van der Waals surface area contributed by atoms with Crippen molar-refractivity contribution in [3.8, 4) is 11.5 Å². The third-order valence-electron chi connectivity index (χ3n) is 6.04. The highest BCUT2D eigenvalue weighted by atomic mass is 32.1. The fourth-order valence-corrected chi connectivity index (χ4v) is 4.34. The van der Waals surface area contributed by atoms with Crippen LogP contribution in [0.2, 0.25) is 0 Å². The second kappa shape index (κ2) is 8.31. The molecule has 168 valence electrons. The Hall–Kier alpha value is -2.74. The summed E-state index contributed by atoms with van der Waals surface area (Å²) in [5.41, 5.74) is 17.4. The molecule has 0 radical (unpaired) electrons. The van der Waals surface area contributed by atoms with E-state index in [1.807, 2.05) is 43.5 Å². The lowest BCUT2D eigenvalue weighted by atomic mass is 9.82. The van der Waals surface area contributed by atoms with Crippen molar-refractivity contribution < 1.29 is 13.9 Å². The van der Waals surface area contributed by atoms with Crippen molar-refractivity contribution in [1.29, 1.82) is 0 Å². The molecule has 1 fully saturated rings. The molecule has 0 amide bonds. The Labute approximate surface area is 193 Å². The third-order valence-corrected chi connectivity index (χ3v) is 6.22. The first-order valence-corrected chi connectivity index (χ1v) is 10.9. The van der Waals surface area contributed by atoms with Gasteiger partial charge in [0.15, 0.2) is 11.5 Å². The number of benzene rings is 1. The number of allylic oxidation sites excluding steroid dienone is 7. The minimum Gasteiger partial charge on any atom is -0.414 e. The zero-order valence-electron chi connectivity index (χ0n) is 18.0. The van der Waals surface area contributed by atoms with Crippen molar-refractivity contribution in [2.45, 2.75) is 43.1 Å². The molecule has 5 N–H and O–H groups in total. The summed E-state index contributed by atoms with van der Waals surface area (Å²) in [5, 5.41) is 0.655. The number of hydrogen-bond acceptors (Lipinski definition) is 6. The summed E-state index contributed by atoms with van der Waals surface area (Å²) in [6, 6.07) is 5.51. The Morgan fingerprint density at radius 2 is 2.03 bits per heavy atom. The maximum absolute atomic E-state index is 14.0. The van der Waals surface area contributed by atoms with Crippen molar-refractivity contribution in [3.05, 3.63) is 95.4 Å². The number of dihydropyridines is 1. The molecule has 1 saturated carbocycles. The van der Waals surface area contributed by atoms with E-state index in [4.69, 9.17) is 20.9 Å². The monoisotopic (exact) mass is 453 g/mol. The number of halogens is 1. The molecule has 1 aliphatic carbocycles. The van der Waals surface area contributed by atoms with Crippen LogP contribution in [-0.2, 0) is 5.41 Å². The molecule has 1 aromatic carbocycles. The Bertz CT molecular complexity index is 1090. The molecule has 32 heavy (non-hydrogen) atoms. The number of nitrogens with two attached hydrogens (primary N) is 2. The van der Waals surface area contributed by atoms with Crippen LogP contribution in [0, 0.1) is 0 Å². The molecule has 0 saturated heterocycles. The van der Waals surface area contributed by atoms with Gasteiger partial charge in [0.1, 0.15) is 0 Å². The number of rotatable bonds is 7. The summed E-state index contributed by atoms with van der Waals surface area (Å²) < 4.78 is 24.2. The lowest BCUT2D eigenvalue weighted by molar-refractivity contribution is -0.101. The molecule has 1 atom stereocenters. The van der Waals surface area contributed by atoms with E-state index in [9.17, 15) is 4.39 Å². The maximum atomic E-state index is 14.0. The molecular formula is C25H28FN3O2S. The first-order valence-electron chi connectivity index (χ1n) is 10.4. The van der Waals surface area contributed by atoms with Crippen LogP contribution in [0.25, 0.3) is 0 Å². The molecular weight excluding hydrogens is 425 g/mol. The highest BCUT2D eigenvalue weighted by molar-refractivity contribution is 7.81. The Balaban J connectivity index is 1.64. The van der Waals surface area contributed by atoms with Crippen molar-refractivity contribution in [1.82, 2.24) is 5.32 Å². The van der Waals surface area contributed by atoms with Crippen LogP contribution in [-0.4, -0.2) is 11.5 Å². The van der Waals surface area contributed by atoms with Gasteiger partial charge in [-0.1, -0.05) is 36.9 Å². The van der Waals surface area contributed by atoms with Crippen LogP contribution in [0.1, 0.15) is 31.7 Å². The Kier molecular flexibility index (Phi) is 5.83. The smallest absolute Gasteiger partial charge is 0.414 e. The molecule has 1 unspecified atom stereocenters. The van der Waals surface area contributed by atoms with Crippen LogP contribution in [0.4, 0.5) is 4.39 Å². The van der Waals surface area contributed by atoms with Gasteiger partial charge in [-0.3, -0.25) is 0 Å². The summed E-state index contributed by atoms with van der Waals surface area (Å²) in [7, 11) is 0. The SMILES string of the molecule is C=C1C=C(/C(CC(=C)C2(c3ccc4c(c3)OC(F)(S)O4)CC2)=C(C)/C=C\C(N)N)C=CN1. The predicted octanol–water partition coefficient (Wildman–Crippen LogP) is 4.62. The minimum atomic E-state index is -2.44. The highest BCUT2D eigenvalue weighted by Gasteiger charge is 2.48. The van der Waals surface area contributed by atoms with E-state index in [-0.39, 0.29) is 5.41 Å². The summed E-state index contributed by atoms with van der Waals surface area (Å²) in [4.78, 5) is 0. The molecule has 0 bridgehead atoms. The summed E-state index contributed by atoms with van der Waals surface area (Å²) in [5.74, 6) is 0.696. The van der Waals surface area contributed by atoms with Gasteiger partial charge in [-0.05, 0) is 85.4 Å². The van der Waals surface area contributed by atoms with Crippen molar-refractivity contribution in [2.24, 2.45) is 11.5 Å². The van der Waals surface area contributed by atoms with Crippen LogP contribution in [0.3, 0.4) is 0 Å². The molecule has 0 spiro atoms. The van der Waals surface area contributed by atoms with Crippen molar-refractivity contribution >= 4 is 12.6 Å². The second-order valence-electron chi connectivity index (χ2n) is 8.43. The second-order valence-corrected chi connectivity index (χ2v) is 8.97. The van der Waals surface area contributed by atoms with E-state index in [1.165, 1.54) is 0 Å². The molecule has 4 rings (SSSR count). The molecule has 5 nitrogen and oxygen atoms in total. The van der Waals surface area contributed by atoms with Gasteiger partial charge >= 0.3 is 5.37 Å². The molecule has 0 aromatic heterocycles. The first kappa shape index (κ1) is 22.5. The fourth-order valence-electron chi connectivity index (χ4n) is 4.14. The zero-order chi connectivity index (χ0) is 23.1. The Morgan fingerprint density at radius 1 is 1.31 bits per heavy atom. The third kappa shape index (κ3) is 4.55. The van der Waals surface area contributed by atoms with E-state index in [0.717, 1.165) is 46.4 Å². The highest BCUT2D eigenvalue weighted by Crippen LogP contribution is 2.57. The molecule has 7 heteroatoms. The first-order chi connectivity index (χ1) is 15.1. The summed E-state index contributed by atoms with van der Waals surface area (Å²) >= 11 is 3.74. The van der Waals surface area contributed by atoms with Crippen LogP contribution < -0.4 is 26.3 Å². The van der Waals surface area contributed by atoms with E-state index in [1.54, 1.807) is 12.1 Å². The normalized spacial score (nSPS) is 23.8. The minimum absolute atomic E-state index is 0.190. The average Bonchev–Trinajstić information content (AvgIpc) is 3.47. The average molecular weight is 454 g/mol. The van der Waals surface area contributed by atoms with Gasteiger partial charge in [0.05, 0.1) is 6.17 Å². The van der Waals surface area contributed by atoms with Gasteiger partial charge in [0.25, 0.3) is 0 Å². The number of ether oxygens (including phenoxy) is 2. The van der Waals surface area contributed by atoms with Crippen molar-refractivity contribution in [2.75, 3.05) is 0 Å². The fraction of sp³-hybridized carbons (Fsp3) is 0.280. The van der Waals surface area contributed by atoms with E-state index < -0.39 is 11.5 Å². The van der Waals surface area contributed by atoms with E-state index >= 15 is 0 Å². The number of alkyl halides is 1. The van der Waals surface area contributed by atoms with Gasteiger partial charge in [-0.2, -0.15) is 0 Å². The number of hydrogen-bond donors (Lipinski definition) is 4. The summed E-state index contributed by atoms with van der Waals surface area (Å²) in [6.45, 7) is 10.5. The maximum Gasteiger partial charge on any atom is 0.461 e. The van der Waals surface area contributed by atoms with Crippen molar-refractivity contribution in [3.63, 3.8) is 0 Å². The van der Waals surface area contributed by atoms with Gasteiger partial charge in [0.2, 0.25) is 0 Å². The molecule has 2 heterocycles. The number of fused-ring (bicyclic) bond motifs is 1. The Morgan fingerprint density at radius 3 is 2.69 bits per heavy atom. The molecule has 3 aliphatic rings. The topological polar surface area (TPSA) is 82.5 Å². The lowest BCUT2D eigenvalue weighted by Gasteiger charge is -2.23. The van der Waals surface area contributed by atoms with E-state index in [0.29, 0.717) is 17.9 Å². The lowest BCUT2D eigenvalue weighted by Crippen LogP contribution is -2.27. The van der Waals surface area contributed by atoms with Crippen LogP contribution >= 0.6 is 12.6 Å². The number of nitrogens with one attached hydrogen (secondary N) is 1. The zero-order valence-corrected chi connectivity index (χ0v) is 18.9. The standard InChI is InChI=1S/C25H28FN3O2S/c1-15(4-7-23(27)28)20(18-8-11-29-17(3)13-18)12-16(2)24(9-10-24)19-5-6-21-22(14-19)31-25(26,32)30-21/h4-8,11,13-14,23,29,32H,2-3,9-10,12,27-28H2,1H3/b7-4-,20-15+. The van der Waals surface area contributed by atoms with Gasteiger partial charge in [-0.15, -0.1) is 4.39 Å². The molecule has 2 aliphatic heterocycles. The molecule has 1 aromatic rings. The van der Waals surface area contributed by atoms with Gasteiger partial charge in [-0.25, -0.2) is 0 Å². The van der Waals surface area contributed by atoms with E-state index in [2.05, 4.69) is 31.1 Å². The van der Waals surface area contributed by atoms with Gasteiger partial charge < -0.3 is 26.3 Å². The summed E-state index contributed by atoms with van der Waals surface area (Å²) in [6.07, 6.45) is 11.7. The quantitative estimate of drug-likeness (QED) is 0.210.